The fourth-order valence-electron chi connectivity index (χ4n) is 11.7. The van der Waals surface area contributed by atoms with E-state index in [-0.39, 0.29) is 24.0 Å². The molecule has 1 aliphatic rings. The summed E-state index contributed by atoms with van der Waals surface area (Å²) in [7, 11) is 3.45. The molecule has 6 nitrogen and oxygen atoms in total. The summed E-state index contributed by atoms with van der Waals surface area (Å²) >= 11 is 0. The van der Waals surface area contributed by atoms with Crippen LogP contribution < -0.4 is 19.3 Å². The Hall–Kier alpha value is -8.68. The zero-order valence-electron chi connectivity index (χ0n) is 43.7. The van der Waals surface area contributed by atoms with Crippen molar-refractivity contribution in [2.45, 2.75) is 51.2 Å². The van der Waals surface area contributed by atoms with Gasteiger partial charge in [-0.3, -0.25) is 0 Å². The van der Waals surface area contributed by atoms with Crippen LogP contribution in [-0.2, 0) is 24.0 Å². The Morgan fingerprint density at radius 3 is 1.12 bits per heavy atom. The number of hydrogen-bond donors (Lipinski definition) is 2. The summed E-state index contributed by atoms with van der Waals surface area (Å²) < 4.78 is 11.9. The lowest BCUT2D eigenvalue weighted by Gasteiger charge is -2.32. The first kappa shape index (κ1) is 49.5. The summed E-state index contributed by atoms with van der Waals surface area (Å²) in [5.74, 6) is 1.59. The quantitative estimate of drug-likeness (QED) is 0.107. The van der Waals surface area contributed by atoms with E-state index in [0.29, 0.717) is 0 Å². The third-order valence-electron chi connectivity index (χ3n) is 15.4. The van der Waals surface area contributed by atoms with E-state index in [2.05, 4.69) is 213 Å². The lowest BCUT2D eigenvalue weighted by molar-refractivity contribution is 0.282. The summed E-state index contributed by atoms with van der Waals surface area (Å²) in [5, 5.41) is 21.2. The molecule has 0 amide bonds. The van der Waals surface area contributed by atoms with Crippen LogP contribution in [0, 0.1) is 0 Å². The fourth-order valence-corrected chi connectivity index (χ4v) is 11.7. The number of ether oxygens (including phenoxy) is 2. The average Bonchev–Trinajstić information content (AvgIpc) is 3.88. The van der Waals surface area contributed by atoms with Gasteiger partial charge in [-0.1, -0.05) is 172 Å². The molecule has 0 saturated heterocycles. The molecule has 2 N–H and O–H groups in total. The number of rotatable bonds is 15. The highest BCUT2D eigenvalue weighted by molar-refractivity contribution is 5.87. The minimum atomic E-state index is -0.362. The van der Waals surface area contributed by atoms with E-state index in [9.17, 15) is 10.2 Å². The molecule has 10 aromatic carbocycles. The molecule has 1 unspecified atom stereocenters. The number of aliphatic hydroxyl groups excluding tert-OH is 2. The van der Waals surface area contributed by atoms with Gasteiger partial charge in [0.05, 0.1) is 27.4 Å². The van der Waals surface area contributed by atoms with Gasteiger partial charge in [-0.2, -0.15) is 0 Å². The van der Waals surface area contributed by atoms with Crippen molar-refractivity contribution < 1.29 is 19.7 Å². The Morgan fingerprint density at radius 2 is 0.711 bits per heavy atom. The number of benzene rings is 10. The van der Waals surface area contributed by atoms with Crippen LogP contribution in [0.3, 0.4) is 0 Å². The van der Waals surface area contributed by atoms with Crippen molar-refractivity contribution in [1.82, 2.24) is 0 Å². The van der Waals surface area contributed by atoms with Crippen LogP contribution in [-0.4, -0.2) is 24.4 Å². The Bertz CT molecular complexity index is 3470. The summed E-state index contributed by atoms with van der Waals surface area (Å²) in [4.78, 5) is 4.65. The number of anilines is 6. The summed E-state index contributed by atoms with van der Waals surface area (Å²) in [6.07, 6.45) is 0.911. The number of nitrogens with zero attached hydrogens (tertiary/aromatic N) is 2. The summed E-state index contributed by atoms with van der Waals surface area (Å²) in [6, 6.07) is 83.1. The fraction of sp³-hybridized carbons (Fsp3) is 0.143. The van der Waals surface area contributed by atoms with Crippen molar-refractivity contribution in [2.75, 3.05) is 24.0 Å². The lowest BCUT2D eigenvalue weighted by Crippen LogP contribution is -2.23. The molecule has 0 fully saturated rings. The SMILES string of the molecule is COc1ccc(N(c2ccc(C3(C)CC(C)(C)c4ccc(N(c5ccc(CO)c(-c6ccccc6)c5)c5ccc(OC)c(-c6ccccc6)c5)cc43)cc2)c2ccc(CO)c(-c3ccccc3)c2)cc1-c1ccccc1. The van der Waals surface area contributed by atoms with E-state index in [1.54, 1.807) is 14.2 Å². The van der Waals surface area contributed by atoms with Gasteiger partial charge in [-0.25, -0.2) is 0 Å². The second-order valence-corrected chi connectivity index (χ2v) is 20.6. The van der Waals surface area contributed by atoms with Crippen molar-refractivity contribution in [3.63, 3.8) is 0 Å². The molecule has 11 rings (SSSR count). The van der Waals surface area contributed by atoms with Crippen LogP contribution in [0.5, 0.6) is 11.5 Å². The molecule has 10 aromatic rings. The van der Waals surface area contributed by atoms with E-state index in [1.807, 2.05) is 54.6 Å². The largest absolute Gasteiger partial charge is 0.496 e. The van der Waals surface area contributed by atoms with Gasteiger partial charge in [-0.05, 0) is 158 Å². The summed E-state index contributed by atoms with van der Waals surface area (Å²) in [6.45, 7) is 6.99. The first-order valence-corrected chi connectivity index (χ1v) is 26.0. The molecule has 0 spiro atoms. The maximum absolute atomic E-state index is 10.7. The number of fused-ring (bicyclic) bond motifs is 1. The molecule has 6 heteroatoms. The van der Waals surface area contributed by atoms with Gasteiger partial charge in [-0.15, -0.1) is 0 Å². The second kappa shape index (κ2) is 20.9. The monoisotopic (exact) mass is 994 g/mol. The molecule has 1 aliphatic carbocycles. The average molecular weight is 995 g/mol. The maximum atomic E-state index is 10.7. The molecule has 376 valence electrons. The van der Waals surface area contributed by atoms with Gasteiger partial charge < -0.3 is 29.5 Å². The first-order chi connectivity index (χ1) is 37.1. The molecule has 0 aromatic heterocycles. The minimum Gasteiger partial charge on any atom is -0.496 e. The molecule has 1 atom stereocenters. The van der Waals surface area contributed by atoms with Crippen LogP contribution in [0.4, 0.5) is 34.1 Å². The smallest absolute Gasteiger partial charge is 0.126 e. The predicted molar refractivity (Wildman–Crippen MR) is 313 cm³/mol. The Kier molecular flexibility index (Phi) is 13.6. The topological polar surface area (TPSA) is 65.4 Å². The lowest BCUT2D eigenvalue weighted by atomic mass is 9.75. The normalized spacial score (nSPS) is 14.5. The standard InChI is InChI=1S/C70H62N2O4/c1-69(2)47-70(3,54-28-32-55(33-29-54)71(56-30-26-52(45-73)61(40-56)48-18-10-6-11-19-48)58-35-38-67(75-4)63(42-58)50-22-14-8-15-23-50)66-44-60(34-37-65(66)69)72(57-31-27-53(46-74)62(41-57)49-20-12-7-13-21-49)59-36-39-68(76-5)64(43-59)51-24-16-9-17-25-51/h6-44,73-74H,45-47H2,1-5H3. The van der Waals surface area contributed by atoms with Crippen molar-refractivity contribution in [2.24, 2.45) is 0 Å². The maximum Gasteiger partial charge on any atom is 0.126 e. The van der Waals surface area contributed by atoms with Gasteiger partial charge in [0.25, 0.3) is 0 Å². The molecule has 76 heavy (non-hydrogen) atoms. The highest BCUT2D eigenvalue weighted by Gasteiger charge is 2.46. The molecular weight excluding hydrogens is 933 g/mol. The van der Waals surface area contributed by atoms with E-state index >= 15 is 0 Å². The molecule has 0 saturated carbocycles. The number of hydrogen-bond acceptors (Lipinski definition) is 6. The van der Waals surface area contributed by atoms with E-state index in [0.717, 1.165) is 108 Å². The van der Waals surface area contributed by atoms with Crippen molar-refractivity contribution in [1.29, 1.82) is 0 Å². The van der Waals surface area contributed by atoms with Crippen molar-refractivity contribution in [3.05, 3.63) is 264 Å². The Labute approximate surface area is 447 Å². The minimum absolute atomic E-state index is 0.0741. The molecule has 0 aliphatic heterocycles. The van der Waals surface area contributed by atoms with Gasteiger partial charge in [0.1, 0.15) is 11.5 Å². The third-order valence-corrected chi connectivity index (χ3v) is 15.4. The molecule has 0 radical (unpaired) electrons. The van der Waals surface area contributed by atoms with Crippen LogP contribution >= 0.6 is 0 Å². The van der Waals surface area contributed by atoms with Crippen LogP contribution in [0.2, 0.25) is 0 Å². The van der Waals surface area contributed by atoms with Crippen LogP contribution in [0.1, 0.15) is 55.0 Å². The zero-order chi connectivity index (χ0) is 52.4. The Balaban J connectivity index is 1.05. The van der Waals surface area contributed by atoms with Crippen molar-refractivity contribution in [3.8, 4) is 56.0 Å². The van der Waals surface area contributed by atoms with E-state index in [4.69, 9.17) is 9.47 Å². The number of methoxy groups -OCH3 is 2. The Morgan fingerprint density at radius 1 is 0.368 bits per heavy atom. The van der Waals surface area contributed by atoms with Crippen LogP contribution in [0.25, 0.3) is 44.5 Å². The summed E-state index contributed by atoms with van der Waals surface area (Å²) in [5.41, 5.74) is 19.2. The van der Waals surface area contributed by atoms with Gasteiger partial charge in [0.15, 0.2) is 0 Å². The molecular formula is C70H62N2O4. The predicted octanol–water partition coefficient (Wildman–Crippen LogP) is 17.3. The van der Waals surface area contributed by atoms with Gasteiger partial charge in [0, 0.05) is 50.7 Å². The highest BCUT2D eigenvalue weighted by atomic mass is 16.5. The highest BCUT2D eigenvalue weighted by Crippen LogP contribution is 2.55. The van der Waals surface area contributed by atoms with Crippen molar-refractivity contribution >= 4 is 34.1 Å². The van der Waals surface area contributed by atoms with Gasteiger partial charge >= 0.3 is 0 Å². The van der Waals surface area contributed by atoms with E-state index in [1.165, 1.54) is 16.7 Å². The third kappa shape index (κ3) is 9.32. The van der Waals surface area contributed by atoms with Gasteiger partial charge in [0.2, 0.25) is 0 Å². The first-order valence-electron chi connectivity index (χ1n) is 26.0. The second-order valence-electron chi connectivity index (χ2n) is 20.6. The van der Waals surface area contributed by atoms with Crippen LogP contribution in [0.15, 0.2) is 237 Å². The number of aliphatic hydroxyl groups is 2. The molecule has 0 bridgehead atoms. The molecule has 0 heterocycles. The zero-order valence-corrected chi connectivity index (χ0v) is 43.7. The van der Waals surface area contributed by atoms with E-state index < -0.39 is 0 Å².